The Labute approximate surface area is 152 Å². The first kappa shape index (κ1) is 17.8. The molecule has 0 atom stereocenters. The van der Waals surface area contributed by atoms with E-state index in [0.29, 0.717) is 23.7 Å². The second-order valence-electron chi connectivity index (χ2n) is 5.52. The smallest absolute Gasteiger partial charge is 0.262 e. The highest BCUT2D eigenvalue weighted by Gasteiger charge is 2.17. The zero-order chi connectivity index (χ0) is 18.6. The van der Waals surface area contributed by atoms with Gasteiger partial charge in [-0.3, -0.25) is 9.40 Å². The van der Waals surface area contributed by atoms with E-state index in [2.05, 4.69) is 9.82 Å². The number of rotatable bonds is 7. The molecule has 0 saturated carbocycles. The molecular weight excluding hydrogens is 354 g/mol. The third kappa shape index (κ3) is 3.97. The Hall–Kier alpha value is -3.00. The van der Waals surface area contributed by atoms with E-state index in [-0.39, 0.29) is 4.90 Å². The van der Waals surface area contributed by atoms with E-state index in [1.807, 2.05) is 24.4 Å². The maximum absolute atomic E-state index is 12.6. The molecule has 136 valence electrons. The monoisotopic (exact) mass is 373 g/mol. The number of hydrogen-bond acceptors (Lipinski definition) is 5. The van der Waals surface area contributed by atoms with Crippen LogP contribution >= 0.6 is 0 Å². The minimum Gasteiger partial charge on any atom is -0.493 e. The van der Waals surface area contributed by atoms with Gasteiger partial charge in [0.1, 0.15) is 0 Å². The van der Waals surface area contributed by atoms with Crippen LogP contribution in [0.5, 0.6) is 11.5 Å². The van der Waals surface area contributed by atoms with Crippen LogP contribution in [0, 0.1) is 0 Å². The molecule has 0 aliphatic carbocycles. The average molecular weight is 373 g/mol. The highest BCUT2D eigenvalue weighted by molar-refractivity contribution is 7.92. The summed E-state index contributed by atoms with van der Waals surface area (Å²) in [6.45, 7) is 0.621. The van der Waals surface area contributed by atoms with E-state index in [0.717, 1.165) is 5.56 Å². The zero-order valence-electron chi connectivity index (χ0n) is 14.4. The molecule has 3 aromatic rings. The molecule has 0 aliphatic heterocycles. The van der Waals surface area contributed by atoms with Crippen LogP contribution in [0.3, 0.4) is 0 Å². The molecular formula is C18H19N3O4S. The van der Waals surface area contributed by atoms with E-state index in [9.17, 15) is 8.42 Å². The van der Waals surface area contributed by atoms with Crippen molar-refractivity contribution in [3.05, 3.63) is 66.5 Å². The Kier molecular flexibility index (Phi) is 5.13. The third-order valence-corrected chi connectivity index (χ3v) is 5.15. The highest BCUT2D eigenvalue weighted by Crippen LogP contribution is 2.30. The van der Waals surface area contributed by atoms with Gasteiger partial charge in [0.15, 0.2) is 11.5 Å². The van der Waals surface area contributed by atoms with E-state index >= 15 is 0 Å². The van der Waals surface area contributed by atoms with E-state index in [4.69, 9.17) is 9.47 Å². The molecule has 1 heterocycles. The van der Waals surface area contributed by atoms with Gasteiger partial charge in [-0.05, 0) is 35.9 Å². The quantitative estimate of drug-likeness (QED) is 0.689. The number of nitrogens with one attached hydrogen (secondary N) is 1. The van der Waals surface area contributed by atoms with Crippen molar-refractivity contribution in [2.75, 3.05) is 18.9 Å². The summed E-state index contributed by atoms with van der Waals surface area (Å²) in [5.41, 5.74) is 1.49. The van der Waals surface area contributed by atoms with Crippen LogP contribution in [-0.4, -0.2) is 32.4 Å². The van der Waals surface area contributed by atoms with E-state index < -0.39 is 10.0 Å². The molecule has 8 heteroatoms. The summed E-state index contributed by atoms with van der Waals surface area (Å²) in [5.74, 6) is 0.819. The lowest BCUT2D eigenvalue weighted by atomic mass is 10.2. The summed E-state index contributed by atoms with van der Waals surface area (Å²) in [6.07, 6.45) is 3.58. The number of nitrogens with zero attached hydrogens (tertiary/aromatic N) is 2. The number of benzene rings is 2. The number of hydrogen-bond donors (Lipinski definition) is 1. The van der Waals surface area contributed by atoms with Gasteiger partial charge in [-0.25, -0.2) is 8.42 Å². The second kappa shape index (κ2) is 7.49. The molecule has 1 N–H and O–H groups in total. The van der Waals surface area contributed by atoms with Crippen LogP contribution in [0.2, 0.25) is 0 Å². The first-order valence-electron chi connectivity index (χ1n) is 7.83. The molecule has 0 unspecified atom stereocenters. The lowest BCUT2D eigenvalue weighted by molar-refractivity contribution is 0.354. The van der Waals surface area contributed by atoms with Crippen molar-refractivity contribution in [2.45, 2.75) is 11.4 Å². The normalized spacial score (nSPS) is 11.2. The lowest BCUT2D eigenvalue weighted by Crippen LogP contribution is -2.13. The Morgan fingerprint density at radius 3 is 2.38 bits per heavy atom. The van der Waals surface area contributed by atoms with Crippen molar-refractivity contribution in [3.63, 3.8) is 0 Å². The molecule has 0 amide bonds. The maximum Gasteiger partial charge on any atom is 0.262 e. The Morgan fingerprint density at radius 1 is 1.04 bits per heavy atom. The largest absolute Gasteiger partial charge is 0.493 e. The number of anilines is 1. The van der Waals surface area contributed by atoms with Crippen LogP contribution in [0.25, 0.3) is 0 Å². The average Bonchev–Trinajstić information content (AvgIpc) is 3.15. The van der Waals surface area contributed by atoms with Crippen LogP contribution in [0.15, 0.2) is 65.8 Å². The molecule has 0 spiro atoms. The van der Waals surface area contributed by atoms with Gasteiger partial charge >= 0.3 is 0 Å². The minimum atomic E-state index is -3.74. The molecule has 0 aliphatic rings. The van der Waals surface area contributed by atoms with Crippen molar-refractivity contribution in [3.8, 4) is 11.5 Å². The molecule has 0 radical (unpaired) electrons. The van der Waals surface area contributed by atoms with Gasteiger partial charge in [0, 0.05) is 24.1 Å². The van der Waals surface area contributed by atoms with Crippen LogP contribution in [0.4, 0.5) is 5.69 Å². The van der Waals surface area contributed by atoms with Crippen LogP contribution in [-0.2, 0) is 16.6 Å². The highest BCUT2D eigenvalue weighted by atomic mass is 32.2. The van der Waals surface area contributed by atoms with Gasteiger partial charge < -0.3 is 9.47 Å². The van der Waals surface area contributed by atoms with Gasteiger partial charge in [0.2, 0.25) is 0 Å². The Bertz CT molecular complexity index is 968. The summed E-state index contributed by atoms with van der Waals surface area (Å²) >= 11 is 0. The van der Waals surface area contributed by atoms with Crippen LogP contribution < -0.4 is 14.2 Å². The molecule has 1 aromatic heterocycles. The van der Waals surface area contributed by atoms with Gasteiger partial charge in [0.05, 0.1) is 25.7 Å². The molecule has 2 aromatic carbocycles. The Morgan fingerprint density at radius 2 is 1.77 bits per heavy atom. The molecule has 26 heavy (non-hydrogen) atoms. The fourth-order valence-electron chi connectivity index (χ4n) is 2.46. The lowest BCUT2D eigenvalue weighted by Gasteiger charge is -2.12. The van der Waals surface area contributed by atoms with Gasteiger partial charge in [-0.1, -0.05) is 12.1 Å². The van der Waals surface area contributed by atoms with E-state index in [1.54, 1.807) is 29.1 Å². The molecule has 0 bridgehead atoms. The van der Waals surface area contributed by atoms with Crippen molar-refractivity contribution >= 4 is 15.7 Å². The topological polar surface area (TPSA) is 82.5 Å². The molecule has 7 nitrogen and oxygen atoms in total. The summed E-state index contributed by atoms with van der Waals surface area (Å²) < 4.78 is 39.8. The number of sulfonamides is 1. The Balaban J connectivity index is 1.77. The summed E-state index contributed by atoms with van der Waals surface area (Å²) in [6, 6.07) is 13.5. The zero-order valence-corrected chi connectivity index (χ0v) is 15.2. The van der Waals surface area contributed by atoms with Gasteiger partial charge in [-0.2, -0.15) is 5.10 Å². The number of aromatic nitrogens is 2. The fourth-order valence-corrected chi connectivity index (χ4v) is 3.53. The van der Waals surface area contributed by atoms with Crippen molar-refractivity contribution in [1.29, 1.82) is 0 Å². The van der Waals surface area contributed by atoms with Crippen molar-refractivity contribution in [1.82, 2.24) is 9.78 Å². The maximum atomic E-state index is 12.6. The fraction of sp³-hybridized carbons (Fsp3) is 0.167. The predicted molar refractivity (Wildman–Crippen MR) is 98.1 cm³/mol. The molecule has 0 saturated heterocycles. The molecule has 0 fully saturated rings. The first-order chi connectivity index (χ1) is 12.5. The number of methoxy groups -OCH3 is 2. The van der Waals surface area contributed by atoms with Crippen LogP contribution in [0.1, 0.15) is 5.56 Å². The second-order valence-corrected chi connectivity index (χ2v) is 7.21. The van der Waals surface area contributed by atoms with Gasteiger partial charge in [-0.15, -0.1) is 0 Å². The predicted octanol–water partition coefficient (Wildman–Crippen LogP) is 2.75. The van der Waals surface area contributed by atoms with Crippen molar-refractivity contribution < 1.29 is 17.9 Å². The molecule has 3 rings (SSSR count). The minimum absolute atomic E-state index is 0.0933. The van der Waals surface area contributed by atoms with Crippen molar-refractivity contribution in [2.24, 2.45) is 0 Å². The number of ether oxygens (including phenoxy) is 2. The first-order valence-corrected chi connectivity index (χ1v) is 9.31. The van der Waals surface area contributed by atoms with Gasteiger partial charge in [0.25, 0.3) is 10.0 Å². The summed E-state index contributed by atoms with van der Waals surface area (Å²) in [7, 11) is -0.783. The SMILES string of the molecule is COc1ccc(S(=O)(=O)Nc2ccc(Cn3cccn3)cc2)cc1OC. The third-order valence-electron chi connectivity index (χ3n) is 3.78. The summed E-state index contributed by atoms with van der Waals surface area (Å²) in [5, 5.41) is 4.15. The standard InChI is InChI=1S/C18H19N3O4S/c1-24-17-9-8-16(12-18(17)25-2)26(22,23)20-15-6-4-14(5-7-15)13-21-11-3-10-19-21/h3-12,20H,13H2,1-2H3. The van der Waals surface area contributed by atoms with E-state index in [1.165, 1.54) is 26.4 Å². The summed E-state index contributed by atoms with van der Waals surface area (Å²) in [4.78, 5) is 0.0933.